The van der Waals surface area contributed by atoms with E-state index >= 15 is 0 Å². The molecular formula is C18H19BrO3. The predicted octanol–water partition coefficient (Wildman–Crippen LogP) is 4.56. The lowest BCUT2D eigenvalue weighted by Gasteiger charge is -2.19. The van der Waals surface area contributed by atoms with Gasteiger partial charge < -0.3 is 9.84 Å². The van der Waals surface area contributed by atoms with Crippen molar-refractivity contribution in [3.05, 3.63) is 58.1 Å². The van der Waals surface area contributed by atoms with E-state index in [1.54, 1.807) is 12.1 Å². The van der Waals surface area contributed by atoms with Crippen LogP contribution in [0.25, 0.3) is 11.1 Å². The van der Waals surface area contributed by atoms with E-state index in [4.69, 9.17) is 4.74 Å². The van der Waals surface area contributed by atoms with E-state index in [1.807, 2.05) is 51.1 Å². The summed E-state index contributed by atoms with van der Waals surface area (Å²) in [5.74, 6) is -0.353. The molecule has 0 spiro atoms. The molecule has 0 aromatic heterocycles. The lowest BCUT2D eigenvalue weighted by atomic mass is 10.0. The van der Waals surface area contributed by atoms with Gasteiger partial charge in [-0.3, -0.25) is 0 Å². The molecule has 0 radical (unpaired) electrons. The minimum absolute atomic E-state index is 0.0131. The third-order valence-corrected chi connectivity index (χ3v) is 3.43. The average Bonchev–Trinajstić information content (AvgIpc) is 2.45. The summed E-state index contributed by atoms with van der Waals surface area (Å²) in [4.78, 5) is 12.2. The summed E-state index contributed by atoms with van der Waals surface area (Å²) in [5, 5.41) is 9.25. The van der Waals surface area contributed by atoms with Crippen LogP contribution in [0.1, 0.15) is 36.7 Å². The molecule has 0 fully saturated rings. The van der Waals surface area contributed by atoms with Crippen LogP contribution in [0.15, 0.2) is 46.9 Å². The highest BCUT2D eigenvalue weighted by atomic mass is 79.9. The molecule has 116 valence electrons. The van der Waals surface area contributed by atoms with Crippen LogP contribution in [0.2, 0.25) is 0 Å². The van der Waals surface area contributed by atoms with Crippen molar-refractivity contribution >= 4 is 21.9 Å². The number of ether oxygens (including phenoxy) is 1. The Bertz CT molecular complexity index is 687. The highest BCUT2D eigenvalue weighted by Gasteiger charge is 2.18. The number of esters is 1. The Morgan fingerprint density at radius 1 is 1.14 bits per heavy atom. The maximum Gasteiger partial charge on any atom is 0.338 e. The first-order valence-electron chi connectivity index (χ1n) is 7.02. The molecule has 4 heteroatoms. The van der Waals surface area contributed by atoms with Gasteiger partial charge in [0.2, 0.25) is 0 Å². The SMILES string of the molecule is CC(C)(C)OC(=O)c1cc(Br)cc(-c2cccc(CO)c2)c1. The number of aliphatic hydroxyl groups excluding tert-OH is 1. The number of hydrogen-bond acceptors (Lipinski definition) is 3. The zero-order valence-corrected chi connectivity index (χ0v) is 14.5. The number of aliphatic hydroxyl groups is 1. The van der Waals surface area contributed by atoms with E-state index in [2.05, 4.69) is 15.9 Å². The fraction of sp³-hybridized carbons (Fsp3) is 0.278. The summed E-state index contributed by atoms with van der Waals surface area (Å²) < 4.78 is 6.22. The van der Waals surface area contributed by atoms with Crippen molar-refractivity contribution < 1.29 is 14.6 Å². The van der Waals surface area contributed by atoms with Crippen molar-refractivity contribution in [1.29, 1.82) is 0 Å². The fourth-order valence-electron chi connectivity index (χ4n) is 2.06. The second-order valence-corrected chi connectivity index (χ2v) is 7.00. The quantitative estimate of drug-likeness (QED) is 0.813. The predicted molar refractivity (Wildman–Crippen MR) is 90.7 cm³/mol. The van der Waals surface area contributed by atoms with Gasteiger partial charge >= 0.3 is 5.97 Å². The number of halogens is 1. The standard InChI is InChI=1S/C18H19BrO3/c1-18(2,3)22-17(21)15-8-14(9-16(19)10-15)13-6-4-5-12(7-13)11-20/h4-10,20H,11H2,1-3H3. The molecule has 2 aromatic rings. The number of carbonyl (C=O) groups excluding carboxylic acids is 1. The molecule has 0 atom stereocenters. The Labute approximate surface area is 139 Å². The molecule has 0 unspecified atom stereocenters. The van der Waals surface area contributed by atoms with Crippen LogP contribution in [-0.4, -0.2) is 16.7 Å². The average molecular weight is 363 g/mol. The highest BCUT2D eigenvalue weighted by Crippen LogP contribution is 2.27. The minimum atomic E-state index is -0.531. The number of rotatable bonds is 3. The smallest absolute Gasteiger partial charge is 0.338 e. The van der Waals surface area contributed by atoms with Crippen LogP contribution in [0.4, 0.5) is 0 Å². The summed E-state index contributed by atoms with van der Waals surface area (Å²) in [6.07, 6.45) is 0. The summed E-state index contributed by atoms with van der Waals surface area (Å²) in [6.45, 7) is 5.51. The van der Waals surface area contributed by atoms with Gasteiger partial charge in [-0.25, -0.2) is 4.79 Å². The molecular weight excluding hydrogens is 344 g/mol. The first kappa shape index (κ1) is 16.7. The first-order chi connectivity index (χ1) is 10.3. The Morgan fingerprint density at radius 2 is 1.86 bits per heavy atom. The largest absolute Gasteiger partial charge is 0.456 e. The van der Waals surface area contributed by atoms with Crippen LogP contribution in [-0.2, 0) is 11.3 Å². The van der Waals surface area contributed by atoms with Gasteiger partial charge in [0.25, 0.3) is 0 Å². The molecule has 0 aliphatic rings. The third kappa shape index (κ3) is 4.42. The highest BCUT2D eigenvalue weighted by molar-refractivity contribution is 9.10. The molecule has 0 heterocycles. The van der Waals surface area contributed by atoms with Gasteiger partial charge in [-0.15, -0.1) is 0 Å². The lowest BCUT2D eigenvalue weighted by Crippen LogP contribution is -2.23. The zero-order chi connectivity index (χ0) is 16.3. The summed E-state index contributed by atoms with van der Waals surface area (Å²) in [7, 11) is 0. The topological polar surface area (TPSA) is 46.5 Å². The van der Waals surface area contributed by atoms with Crippen LogP contribution in [0.3, 0.4) is 0 Å². The van der Waals surface area contributed by atoms with Gasteiger partial charge in [0.15, 0.2) is 0 Å². The monoisotopic (exact) mass is 362 g/mol. The van der Waals surface area contributed by atoms with Crippen molar-refractivity contribution in [2.24, 2.45) is 0 Å². The van der Waals surface area contributed by atoms with E-state index in [0.29, 0.717) is 5.56 Å². The van der Waals surface area contributed by atoms with Gasteiger partial charge in [0.05, 0.1) is 12.2 Å². The molecule has 0 aliphatic carbocycles. The normalized spacial score (nSPS) is 11.3. The summed E-state index contributed by atoms with van der Waals surface area (Å²) in [5.41, 5.74) is 2.63. The van der Waals surface area contributed by atoms with Gasteiger partial charge in [-0.05, 0) is 61.7 Å². The fourth-order valence-corrected chi connectivity index (χ4v) is 2.55. The molecule has 0 aliphatic heterocycles. The second kappa shape index (κ2) is 6.63. The van der Waals surface area contributed by atoms with E-state index in [0.717, 1.165) is 21.2 Å². The van der Waals surface area contributed by atoms with Crippen LogP contribution in [0.5, 0.6) is 0 Å². The Hall–Kier alpha value is -1.65. The summed E-state index contributed by atoms with van der Waals surface area (Å²) in [6, 6.07) is 13.1. The maximum atomic E-state index is 12.2. The van der Waals surface area contributed by atoms with Gasteiger partial charge in [-0.1, -0.05) is 34.1 Å². The molecule has 3 nitrogen and oxygen atoms in total. The van der Waals surface area contributed by atoms with Gasteiger partial charge in [-0.2, -0.15) is 0 Å². The minimum Gasteiger partial charge on any atom is -0.456 e. The first-order valence-corrected chi connectivity index (χ1v) is 7.82. The molecule has 0 amide bonds. The van der Waals surface area contributed by atoms with Crippen molar-refractivity contribution in [3.63, 3.8) is 0 Å². The molecule has 0 saturated carbocycles. The van der Waals surface area contributed by atoms with Crippen LogP contribution >= 0.6 is 15.9 Å². The van der Waals surface area contributed by atoms with Crippen molar-refractivity contribution in [2.75, 3.05) is 0 Å². The van der Waals surface area contributed by atoms with Crippen LogP contribution < -0.4 is 0 Å². The van der Waals surface area contributed by atoms with Crippen molar-refractivity contribution in [2.45, 2.75) is 33.0 Å². The van der Waals surface area contributed by atoms with E-state index in [9.17, 15) is 9.90 Å². The van der Waals surface area contributed by atoms with E-state index < -0.39 is 5.60 Å². The summed E-state index contributed by atoms with van der Waals surface area (Å²) >= 11 is 3.44. The Morgan fingerprint density at radius 3 is 2.50 bits per heavy atom. The zero-order valence-electron chi connectivity index (χ0n) is 12.9. The Kier molecular flexibility index (Phi) is 5.04. The van der Waals surface area contributed by atoms with E-state index in [1.165, 1.54) is 0 Å². The molecule has 22 heavy (non-hydrogen) atoms. The second-order valence-electron chi connectivity index (χ2n) is 6.09. The molecule has 0 bridgehead atoms. The van der Waals surface area contributed by atoms with Crippen molar-refractivity contribution in [1.82, 2.24) is 0 Å². The molecule has 0 saturated heterocycles. The van der Waals surface area contributed by atoms with E-state index in [-0.39, 0.29) is 12.6 Å². The Balaban J connectivity index is 2.40. The van der Waals surface area contributed by atoms with Gasteiger partial charge in [0, 0.05) is 4.47 Å². The lowest BCUT2D eigenvalue weighted by molar-refractivity contribution is 0.00695. The van der Waals surface area contributed by atoms with Crippen LogP contribution in [0, 0.1) is 0 Å². The number of hydrogen-bond donors (Lipinski definition) is 1. The maximum absolute atomic E-state index is 12.2. The molecule has 1 N–H and O–H groups in total. The molecule has 2 aromatic carbocycles. The number of benzene rings is 2. The third-order valence-electron chi connectivity index (χ3n) is 2.98. The number of carbonyl (C=O) groups is 1. The van der Waals surface area contributed by atoms with Crippen molar-refractivity contribution in [3.8, 4) is 11.1 Å². The molecule has 2 rings (SSSR count). The van der Waals surface area contributed by atoms with Gasteiger partial charge in [0.1, 0.15) is 5.60 Å².